The van der Waals surface area contributed by atoms with E-state index < -0.39 is 0 Å². The van der Waals surface area contributed by atoms with Gasteiger partial charge in [-0.1, -0.05) is 6.92 Å². The van der Waals surface area contributed by atoms with Crippen LogP contribution in [0.2, 0.25) is 0 Å². The van der Waals surface area contributed by atoms with Crippen LogP contribution in [0.25, 0.3) is 0 Å². The number of likely N-dealkylation sites (N-methyl/N-ethyl adjacent to an activating group) is 1. The fourth-order valence-corrected chi connectivity index (χ4v) is 2.45. The Morgan fingerprint density at radius 2 is 2.29 bits per heavy atom. The van der Waals surface area contributed by atoms with E-state index in [2.05, 4.69) is 35.8 Å². The molecule has 1 aliphatic rings. The van der Waals surface area contributed by atoms with Crippen LogP contribution in [-0.4, -0.2) is 35.8 Å². The lowest BCUT2D eigenvalue weighted by molar-refractivity contribution is 0.118. The lowest BCUT2D eigenvalue weighted by Crippen LogP contribution is -2.38. The van der Waals surface area contributed by atoms with Crippen LogP contribution in [0.5, 0.6) is 0 Å². The second-order valence-corrected chi connectivity index (χ2v) is 4.46. The smallest absolute Gasteiger partial charge is 0.137 e. The summed E-state index contributed by atoms with van der Waals surface area (Å²) in [5.74, 6) is 1.51. The third kappa shape index (κ3) is 2.20. The third-order valence-electron chi connectivity index (χ3n) is 3.48. The molecule has 1 aliphatic heterocycles. The van der Waals surface area contributed by atoms with Crippen molar-refractivity contribution in [2.24, 2.45) is 0 Å². The van der Waals surface area contributed by atoms with E-state index in [-0.39, 0.29) is 6.10 Å². The number of rotatable bonds is 3. The highest BCUT2D eigenvalue weighted by molar-refractivity contribution is 5.56. The van der Waals surface area contributed by atoms with E-state index >= 15 is 0 Å². The molecule has 2 rings (SSSR count). The average Bonchev–Trinajstić information content (AvgIpc) is 2.74. The summed E-state index contributed by atoms with van der Waals surface area (Å²) in [7, 11) is 2.05. The normalized spacial score (nSPS) is 23.9. The second kappa shape index (κ2) is 4.87. The SMILES string of the molecule is CCc1c(N)ncnc1N(C)C1CCOC1C. The summed E-state index contributed by atoms with van der Waals surface area (Å²) in [6.07, 6.45) is 3.64. The molecule has 94 valence electrons. The van der Waals surface area contributed by atoms with Crippen LogP contribution in [0.15, 0.2) is 6.33 Å². The molecule has 17 heavy (non-hydrogen) atoms. The predicted molar refractivity (Wildman–Crippen MR) is 68.0 cm³/mol. The molecule has 1 saturated heterocycles. The predicted octanol–water partition coefficient (Wildman–Crippen LogP) is 1.23. The number of hydrogen-bond acceptors (Lipinski definition) is 5. The van der Waals surface area contributed by atoms with Gasteiger partial charge in [0.25, 0.3) is 0 Å². The topological polar surface area (TPSA) is 64.3 Å². The maximum absolute atomic E-state index is 5.89. The van der Waals surface area contributed by atoms with E-state index in [1.54, 1.807) is 0 Å². The van der Waals surface area contributed by atoms with Crippen molar-refractivity contribution in [2.75, 3.05) is 24.3 Å². The van der Waals surface area contributed by atoms with E-state index in [4.69, 9.17) is 10.5 Å². The highest BCUT2D eigenvalue weighted by Gasteiger charge is 2.29. The summed E-state index contributed by atoms with van der Waals surface area (Å²) in [6.45, 7) is 4.99. The van der Waals surface area contributed by atoms with Crippen molar-refractivity contribution in [1.82, 2.24) is 9.97 Å². The first kappa shape index (κ1) is 12.1. The van der Waals surface area contributed by atoms with Crippen LogP contribution in [-0.2, 0) is 11.2 Å². The van der Waals surface area contributed by atoms with Gasteiger partial charge in [0, 0.05) is 19.2 Å². The van der Waals surface area contributed by atoms with E-state index in [1.165, 1.54) is 6.33 Å². The number of anilines is 2. The van der Waals surface area contributed by atoms with Gasteiger partial charge in [0.1, 0.15) is 18.0 Å². The molecular formula is C12H20N4O. The summed E-state index contributed by atoms with van der Waals surface area (Å²) in [5.41, 5.74) is 6.92. The molecule has 2 heterocycles. The summed E-state index contributed by atoms with van der Waals surface area (Å²) < 4.78 is 5.60. The number of aromatic nitrogens is 2. The Balaban J connectivity index is 2.30. The standard InChI is InChI=1S/C12H20N4O/c1-4-9-11(13)14-7-15-12(9)16(3)10-5-6-17-8(10)2/h7-8,10H,4-6H2,1-3H3,(H2,13,14,15). The highest BCUT2D eigenvalue weighted by Crippen LogP contribution is 2.27. The van der Waals surface area contributed by atoms with Crippen molar-refractivity contribution in [3.8, 4) is 0 Å². The third-order valence-corrected chi connectivity index (χ3v) is 3.48. The van der Waals surface area contributed by atoms with Crippen molar-refractivity contribution in [1.29, 1.82) is 0 Å². The molecule has 2 atom stereocenters. The van der Waals surface area contributed by atoms with Crippen LogP contribution in [0.4, 0.5) is 11.6 Å². The molecule has 0 amide bonds. The van der Waals surface area contributed by atoms with Crippen molar-refractivity contribution in [2.45, 2.75) is 38.8 Å². The van der Waals surface area contributed by atoms with Crippen molar-refractivity contribution in [3.05, 3.63) is 11.9 Å². The Hall–Kier alpha value is -1.36. The molecule has 2 N–H and O–H groups in total. The quantitative estimate of drug-likeness (QED) is 0.855. The highest BCUT2D eigenvalue weighted by atomic mass is 16.5. The minimum Gasteiger partial charge on any atom is -0.383 e. The van der Waals surface area contributed by atoms with Crippen molar-refractivity contribution in [3.63, 3.8) is 0 Å². The molecule has 0 aliphatic carbocycles. The second-order valence-electron chi connectivity index (χ2n) is 4.46. The lowest BCUT2D eigenvalue weighted by Gasteiger charge is -2.29. The molecule has 0 radical (unpaired) electrons. The lowest BCUT2D eigenvalue weighted by atomic mass is 10.1. The zero-order valence-electron chi connectivity index (χ0n) is 10.7. The molecule has 5 nitrogen and oxygen atoms in total. The first-order chi connectivity index (χ1) is 8.15. The van der Waals surface area contributed by atoms with Crippen molar-refractivity contribution < 1.29 is 4.74 Å². The molecule has 1 aromatic heterocycles. The zero-order valence-corrected chi connectivity index (χ0v) is 10.7. The maximum Gasteiger partial charge on any atom is 0.137 e. The van der Waals surface area contributed by atoms with Gasteiger partial charge in [0.15, 0.2) is 0 Å². The fourth-order valence-electron chi connectivity index (χ4n) is 2.45. The molecule has 1 fully saturated rings. The zero-order chi connectivity index (χ0) is 12.4. The van der Waals surface area contributed by atoms with Gasteiger partial charge in [-0.15, -0.1) is 0 Å². The first-order valence-electron chi connectivity index (χ1n) is 6.09. The van der Waals surface area contributed by atoms with Crippen LogP contribution >= 0.6 is 0 Å². The van der Waals surface area contributed by atoms with Crippen molar-refractivity contribution >= 4 is 11.6 Å². The van der Waals surface area contributed by atoms with Crippen LogP contribution in [0.3, 0.4) is 0 Å². The number of nitrogens with two attached hydrogens (primary N) is 1. The summed E-state index contributed by atoms with van der Waals surface area (Å²) >= 11 is 0. The largest absolute Gasteiger partial charge is 0.383 e. The van der Waals surface area contributed by atoms with Crippen LogP contribution in [0.1, 0.15) is 25.8 Å². The van der Waals surface area contributed by atoms with Gasteiger partial charge < -0.3 is 15.4 Å². The Kier molecular flexibility index (Phi) is 3.47. The average molecular weight is 236 g/mol. The fraction of sp³-hybridized carbons (Fsp3) is 0.667. The number of nitrogen functional groups attached to an aromatic ring is 1. The summed E-state index contributed by atoms with van der Waals surface area (Å²) in [4.78, 5) is 10.6. The summed E-state index contributed by atoms with van der Waals surface area (Å²) in [5, 5.41) is 0. The molecule has 5 heteroatoms. The van der Waals surface area contributed by atoms with Gasteiger partial charge in [-0.3, -0.25) is 0 Å². The van der Waals surface area contributed by atoms with Gasteiger partial charge in [0.05, 0.1) is 12.1 Å². The van der Waals surface area contributed by atoms with Gasteiger partial charge in [-0.05, 0) is 19.8 Å². The Labute approximate surface area is 102 Å². The molecular weight excluding hydrogens is 216 g/mol. The molecule has 0 spiro atoms. The number of nitrogens with zero attached hydrogens (tertiary/aromatic N) is 3. The van der Waals surface area contributed by atoms with Gasteiger partial charge in [0.2, 0.25) is 0 Å². The van der Waals surface area contributed by atoms with Gasteiger partial charge in [-0.2, -0.15) is 0 Å². The van der Waals surface area contributed by atoms with Gasteiger partial charge in [-0.25, -0.2) is 9.97 Å². The molecule has 0 aromatic carbocycles. The molecule has 0 saturated carbocycles. The van der Waals surface area contributed by atoms with Crippen LogP contribution in [0, 0.1) is 0 Å². The minimum atomic E-state index is 0.237. The van der Waals surface area contributed by atoms with E-state index in [0.717, 1.165) is 30.8 Å². The Morgan fingerprint density at radius 1 is 1.53 bits per heavy atom. The van der Waals surface area contributed by atoms with E-state index in [1.807, 2.05) is 0 Å². The minimum absolute atomic E-state index is 0.237. The first-order valence-corrected chi connectivity index (χ1v) is 6.09. The number of hydrogen-bond donors (Lipinski definition) is 1. The molecule has 2 unspecified atom stereocenters. The van der Waals surface area contributed by atoms with E-state index in [0.29, 0.717) is 11.9 Å². The summed E-state index contributed by atoms with van der Waals surface area (Å²) in [6, 6.07) is 0.370. The Bertz CT molecular complexity index is 396. The van der Waals surface area contributed by atoms with E-state index in [9.17, 15) is 0 Å². The number of ether oxygens (including phenoxy) is 1. The maximum atomic E-state index is 5.89. The monoisotopic (exact) mass is 236 g/mol. The molecule has 0 bridgehead atoms. The Morgan fingerprint density at radius 3 is 2.88 bits per heavy atom. The van der Waals surface area contributed by atoms with Gasteiger partial charge >= 0.3 is 0 Å². The molecule has 1 aromatic rings. The van der Waals surface area contributed by atoms with Crippen LogP contribution < -0.4 is 10.6 Å².